The summed E-state index contributed by atoms with van der Waals surface area (Å²) < 4.78 is 34.4. The van der Waals surface area contributed by atoms with Gasteiger partial charge in [-0.25, -0.2) is 13.1 Å². The Morgan fingerprint density at radius 3 is 2.31 bits per heavy atom. The zero-order valence-electron chi connectivity index (χ0n) is 8.09. The highest BCUT2D eigenvalue weighted by molar-refractivity contribution is 7.95. The average molecular weight is 295 g/mol. The fourth-order valence-electron chi connectivity index (χ4n) is 0.723. The largest absolute Gasteiger partial charge is 0.354 e. The number of hydrogen-bond donors (Lipinski definition) is 4. The van der Waals surface area contributed by atoms with Crippen LogP contribution in [0.2, 0.25) is 0 Å². The summed E-state index contributed by atoms with van der Waals surface area (Å²) in [6.07, 6.45) is 0. The van der Waals surface area contributed by atoms with Gasteiger partial charge in [-0.15, -0.1) is 11.6 Å². The van der Waals surface area contributed by atoms with E-state index in [-0.39, 0.29) is 19.0 Å². The molecule has 0 saturated heterocycles. The molecule has 0 aliphatic carbocycles. The fourth-order valence-corrected chi connectivity index (χ4v) is 3.37. The molecular formula is C5H12ClN2O6PS. The molecule has 0 bridgehead atoms. The maximum Gasteiger partial charge on any atom is 0.341 e. The van der Waals surface area contributed by atoms with Crippen LogP contribution in [0.5, 0.6) is 0 Å². The molecule has 4 N–H and O–H groups in total. The van der Waals surface area contributed by atoms with Crippen molar-refractivity contribution >= 4 is 35.1 Å². The van der Waals surface area contributed by atoms with Crippen molar-refractivity contribution in [2.45, 2.75) is 0 Å². The molecule has 0 fully saturated rings. The predicted octanol–water partition coefficient (Wildman–Crippen LogP) is -1.60. The van der Waals surface area contributed by atoms with Gasteiger partial charge in [-0.3, -0.25) is 9.36 Å². The van der Waals surface area contributed by atoms with Crippen LogP contribution in [0.3, 0.4) is 0 Å². The number of halogens is 1. The first-order chi connectivity index (χ1) is 7.16. The smallest absolute Gasteiger partial charge is 0.341 e. The molecule has 96 valence electrons. The van der Waals surface area contributed by atoms with Crippen molar-refractivity contribution < 1.29 is 27.6 Å². The molecule has 0 radical (unpaired) electrons. The number of carbonyl (C=O) groups excluding carboxylic acids is 1. The molecule has 0 heterocycles. The van der Waals surface area contributed by atoms with Crippen molar-refractivity contribution in [2.75, 3.05) is 24.5 Å². The summed E-state index contributed by atoms with van der Waals surface area (Å²) in [4.78, 5) is 27.5. The molecule has 8 nitrogen and oxygen atoms in total. The van der Waals surface area contributed by atoms with Crippen molar-refractivity contribution in [2.24, 2.45) is 0 Å². The van der Waals surface area contributed by atoms with Gasteiger partial charge in [0.25, 0.3) is 0 Å². The first-order valence-electron chi connectivity index (χ1n) is 4.01. The lowest BCUT2D eigenvalue weighted by Gasteiger charge is -2.07. The van der Waals surface area contributed by atoms with Gasteiger partial charge in [0.15, 0.2) is 5.49 Å². The highest BCUT2D eigenvalue weighted by Crippen LogP contribution is 2.35. The number of amides is 1. The van der Waals surface area contributed by atoms with Gasteiger partial charge in [0.1, 0.15) is 5.88 Å². The van der Waals surface area contributed by atoms with E-state index in [0.717, 1.165) is 0 Å². The third kappa shape index (κ3) is 9.08. The van der Waals surface area contributed by atoms with Crippen LogP contribution in [0.15, 0.2) is 0 Å². The predicted molar refractivity (Wildman–Crippen MR) is 57.6 cm³/mol. The van der Waals surface area contributed by atoms with Crippen LogP contribution < -0.4 is 10.0 Å². The van der Waals surface area contributed by atoms with E-state index in [1.54, 1.807) is 0 Å². The first-order valence-corrected chi connectivity index (χ1v) is 7.99. The number of carbonyl (C=O) groups is 1. The second kappa shape index (κ2) is 6.53. The molecular weight excluding hydrogens is 283 g/mol. The van der Waals surface area contributed by atoms with Gasteiger partial charge in [-0.2, -0.15) is 0 Å². The van der Waals surface area contributed by atoms with Crippen LogP contribution in [0.1, 0.15) is 0 Å². The number of nitrogens with one attached hydrogen (secondary N) is 2. The van der Waals surface area contributed by atoms with Crippen LogP contribution in [0, 0.1) is 0 Å². The number of hydrogen-bond acceptors (Lipinski definition) is 4. The van der Waals surface area contributed by atoms with Crippen LogP contribution in [-0.4, -0.2) is 48.6 Å². The van der Waals surface area contributed by atoms with Crippen LogP contribution in [0.4, 0.5) is 0 Å². The van der Waals surface area contributed by atoms with E-state index >= 15 is 0 Å². The Morgan fingerprint density at radius 1 is 1.31 bits per heavy atom. The number of alkyl halides is 1. The highest BCUT2D eigenvalue weighted by atomic mass is 35.5. The molecule has 0 aromatic carbocycles. The van der Waals surface area contributed by atoms with Gasteiger partial charge in [-0.1, -0.05) is 0 Å². The molecule has 0 rings (SSSR count). The van der Waals surface area contributed by atoms with E-state index in [2.05, 4.69) is 5.32 Å². The Labute approximate surface area is 97.6 Å². The number of rotatable bonds is 7. The van der Waals surface area contributed by atoms with E-state index in [0.29, 0.717) is 0 Å². The molecule has 0 aromatic heterocycles. The molecule has 11 heteroatoms. The molecule has 1 amide bonds. The third-order valence-corrected chi connectivity index (χ3v) is 4.82. The Hall–Kier alpha value is -0.180. The zero-order chi connectivity index (χ0) is 12.8. The molecule has 0 spiro atoms. The maximum absolute atomic E-state index is 11.0. The van der Waals surface area contributed by atoms with Crippen LogP contribution in [0.25, 0.3) is 0 Å². The SMILES string of the molecule is O=C(CCl)NCCNS(=O)(=O)CP(=O)(O)O. The normalized spacial score (nSPS) is 12.4. The molecule has 0 aliphatic heterocycles. The van der Waals surface area contributed by atoms with E-state index in [9.17, 15) is 17.8 Å². The van der Waals surface area contributed by atoms with Crippen molar-refractivity contribution in [3.8, 4) is 0 Å². The van der Waals surface area contributed by atoms with Gasteiger partial charge < -0.3 is 15.1 Å². The summed E-state index contributed by atoms with van der Waals surface area (Å²) in [5.41, 5.74) is -1.27. The standard InChI is InChI=1S/C5H12ClN2O6PS/c6-3-5(9)7-1-2-8-16(13,14)4-15(10,11)12/h8H,1-4H2,(H,7,9)(H2,10,11,12). The van der Waals surface area contributed by atoms with Crippen molar-refractivity contribution in [1.29, 1.82) is 0 Å². The summed E-state index contributed by atoms with van der Waals surface area (Å²) in [5.74, 6) is -0.703. The van der Waals surface area contributed by atoms with Gasteiger partial charge in [0, 0.05) is 13.1 Å². The topological polar surface area (TPSA) is 133 Å². The Bertz CT molecular complexity index is 378. The summed E-state index contributed by atoms with van der Waals surface area (Å²) in [7, 11) is -8.66. The quantitative estimate of drug-likeness (QED) is 0.254. The van der Waals surface area contributed by atoms with E-state index in [1.165, 1.54) is 0 Å². The van der Waals surface area contributed by atoms with Gasteiger partial charge in [0.2, 0.25) is 15.9 Å². The van der Waals surface area contributed by atoms with E-state index < -0.39 is 29.0 Å². The lowest BCUT2D eigenvalue weighted by atomic mass is 10.6. The second-order valence-corrected chi connectivity index (χ2v) is 6.93. The summed E-state index contributed by atoms with van der Waals surface area (Å²) >= 11 is 5.15. The lowest BCUT2D eigenvalue weighted by Crippen LogP contribution is -2.36. The molecule has 0 aromatic rings. The Morgan fingerprint density at radius 2 is 1.88 bits per heavy atom. The third-order valence-electron chi connectivity index (χ3n) is 1.23. The van der Waals surface area contributed by atoms with Crippen LogP contribution >= 0.6 is 19.2 Å². The minimum Gasteiger partial charge on any atom is -0.354 e. The van der Waals surface area contributed by atoms with Crippen molar-refractivity contribution in [3.05, 3.63) is 0 Å². The fraction of sp³-hybridized carbons (Fsp3) is 0.800. The minimum atomic E-state index is -4.62. The molecule has 0 aliphatic rings. The van der Waals surface area contributed by atoms with E-state index in [4.69, 9.17) is 21.4 Å². The average Bonchev–Trinajstić information content (AvgIpc) is 2.08. The molecule has 0 atom stereocenters. The lowest BCUT2D eigenvalue weighted by molar-refractivity contribution is -0.118. The summed E-state index contributed by atoms with van der Waals surface area (Å²) in [5, 5.41) is 2.28. The zero-order valence-corrected chi connectivity index (χ0v) is 10.6. The Kier molecular flexibility index (Phi) is 6.46. The summed E-state index contributed by atoms with van der Waals surface area (Å²) in [6, 6.07) is 0. The van der Waals surface area contributed by atoms with Crippen molar-refractivity contribution in [3.63, 3.8) is 0 Å². The molecule has 0 unspecified atom stereocenters. The van der Waals surface area contributed by atoms with Gasteiger partial charge in [-0.05, 0) is 0 Å². The van der Waals surface area contributed by atoms with Crippen molar-refractivity contribution in [1.82, 2.24) is 10.0 Å². The summed E-state index contributed by atoms with van der Waals surface area (Å²) in [6.45, 7) is -0.170. The number of sulfonamides is 1. The van der Waals surface area contributed by atoms with Gasteiger partial charge in [0.05, 0.1) is 0 Å². The second-order valence-electron chi connectivity index (χ2n) is 2.79. The van der Waals surface area contributed by atoms with Crippen LogP contribution in [-0.2, 0) is 19.4 Å². The monoisotopic (exact) mass is 294 g/mol. The minimum absolute atomic E-state index is 0.00799. The van der Waals surface area contributed by atoms with E-state index in [1.807, 2.05) is 4.72 Å². The Balaban J connectivity index is 3.93. The molecule has 16 heavy (non-hydrogen) atoms. The van der Waals surface area contributed by atoms with Gasteiger partial charge >= 0.3 is 7.60 Å². The highest BCUT2D eigenvalue weighted by Gasteiger charge is 2.24. The maximum atomic E-state index is 11.0. The first kappa shape index (κ1) is 15.8. The molecule has 0 saturated carbocycles.